The summed E-state index contributed by atoms with van der Waals surface area (Å²) >= 11 is 0. The minimum Gasteiger partial charge on any atom is -0.462 e. The number of rotatable bonds is 4. The molecule has 3 rings (SSSR count). The topological polar surface area (TPSA) is 51.7 Å². The van der Waals surface area contributed by atoms with Gasteiger partial charge in [-0.05, 0) is 44.7 Å². The molecule has 0 atom stereocenters. The number of esters is 1. The Kier molecular flexibility index (Phi) is 5.23. The summed E-state index contributed by atoms with van der Waals surface area (Å²) in [4.78, 5) is 19.3. The number of fused-ring (bicyclic) bond motifs is 1. The number of hydrogen-bond acceptors (Lipinski definition) is 5. The third-order valence-electron chi connectivity index (χ3n) is 5.12. The third kappa shape index (κ3) is 3.33. The highest BCUT2D eigenvalue weighted by Crippen LogP contribution is 2.34. The Hall–Kier alpha value is -2.14. The maximum atomic E-state index is 12.5. The summed E-state index contributed by atoms with van der Waals surface area (Å²) in [7, 11) is 2.06. The fraction of sp³-hybridized carbons (Fsp3) is 0.500. The van der Waals surface area contributed by atoms with Gasteiger partial charge in [0.05, 0.1) is 17.8 Å². The van der Waals surface area contributed by atoms with E-state index in [1.165, 1.54) is 5.56 Å². The lowest BCUT2D eigenvalue weighted by Gasteiger charge is -2.34. The van der Waals surface area contributed by atoms with E-state index in [4.69, 9.17) is 9.47 Å². The Morgan fingerprint density at radius 3 is 2.72 bits per heavy atom. The third-order valence-corrected chi connectivity index (χ3v) is 5.12. The molecule has 1 fully saturated rings. The monoisotopic (exact) mass is 342 g/mol. The fourth-order valence-electron chi connectivity index (χ4n) is 3.49. The van der Waals surface area contributed by atoms with E-state index in [0.29, 0.717) is 18.2 Å². The van der Waals surface area contributed by atoms with E-state index in [1.54, 1.807) is 6.20 Å². The number of carbonyl (C=O) groups excluding carboxylic acids is 1. The van der Waals surface area contributed by atoms with Crippen molar-refractivity contribution >= 4 is 22.6 Å². The van der Waals surface area contributed by atoms with Crippen LogP contribution in [0.2, 0.25) is 0 Å². The number of pyridine rings is 1. The maximum Gasteiger partial charge on any atom is 0.341 e. The lowest BCUT2D eigenvalue weighted by atomic mass is 9.99. The Bertz CT molecular complexity index is 782. The van der Waals surface area contributed by atoms with Gasteiger partial charge in [-0.1, -0.05) is 12.1 Å². The zero-order valence-corrected chi connectivity index (χ0v) is 15.5. The van der Waals surface area contributed by atoms with E-state index in [1.807, 2.05) is 6.92 Å². The molecule has 0 N–H and O–H groups in total. The van der Waals surface area contributed by atoms with Crippen LogP contribution in [0.25, 0.3) is 10.9 Å². The van der Waals surface area contributed by atoms with Gasteiger partial charge >= 0.3 is 5.97 Å². The molecule has 0 spiro atoms. The van der Waals surface area contributed by atoms with Crippen molar-refractivity contribution < 1.29 is 14.3 Å². The summed E-state index contributed by atoms with van der Waals surface area (Å²) in [6.45, 7) is 7.84. The van der Waals surface area contributed by atoms with Gasteiger partial charge in [0.2, 0.25) is 0 Å². The predicted octanol–water partition coefficient (Wildman–Crippen LogP) is 3.64. The van der Waals surface area contributed by atoms with Crippen LogP contribution in [0.1, 0.15) is 41.3 Å². The van der Waals surface area contributed by atoms with E-state index < -0.39 is 0 Å². The van der Waals surface area contributed by atoms with Gasteiger partial charge in [0.1, 0.15) is 5.56 Å². The summed E-state index contributed by atoms with van der Waals surface area (Å²) < 4.78 is 10.8. The van der Waals surface area contributed by atoms with Crippen LogP contribution < -0.4 is 4.90 Å². The van der Waals surface area contributed by atoms with Gasteiger partial charge in [-0.25, -0.2) is 4.79 Å². The number of ether oxygens (including phenoxy) is 2. The molecule has 1 aromatic heterocycles. The molecular formula is C20H26N2O3. The maximum absolute atomic E-state index is 12.5. The van der Waals surface area contributed by atoms with Crippen molar-refractivity contribution in [3.63, 3.8) is 0 Å². The second-order valence-electron chi connectivity index (χ2n) is 6.60. The van der Waals surface area contributed by atoms with Gasteiger partial charge in [0.25, 0.3) is 0 Å². The highest BCUT2D eigenvalue weighted by atomic mass is 16.5. The van der Waals surface area contributed by atoms with E-state index in [2.05, 4.69) is 42.9 Å². The minimum absolute atomic E-state index is 0.316. The molecule has 1 saturated heterocycles. The molecule has 1 aliphatic heterocycles. The first-order chi connectivity index (χ1) is 12.0. The predicted molar refractivity (Wildman–Crippen MR) is 99.4 cm³/mol. The molecule has 0 unspecified atom stereocenters. The van der Waals surface area contributed by atoms with E-state index in [0.717, 1.165) is 48.2 Å². The zero-order chi connectivity index (χ0) is 18.0. The van der Waals surface area contributed by atoms with Crippen molar-refractivity contribution in [2.45, 2.75) is 39.7 Å². The quantitative estimate of drug-likeness (QED) is 0.794. The first-order valence-electron chi connectivity index (χ1n) is 8.91. The fourth-order valence-corrected chi connectivity index (χ4v) is 3.49. The highest BCUT2D eigenvalue weighted by molar-refractivity contribution is 6.06. The van der Waals surface area contributed by atoms with Gasteiger partial charge in [-0.3, -0.25) is 4.98 Å². The van der Waals surface area contributed by atoms with Crippen molar-refractivity contribution in [3.8, 4) is 0 Å². The second-order valence-corrected chi connectivity index (χ2v) is 6.60. The Morgan fingerprint density at radius 2 is 2.04 bits per heavy atom. The summed E-state index contributed by atoms with van der Waals surface area (Å²) in [5.41, 5.74) is 4.74. The second kappa shape index (κ2) is 7.40. The van der Waals surface area contributed by atoms with Crippen LogP contribution in [0.3, 0.4) is 0 Å². The van der Waals surface area contributed by atoms with Gasteiger partial charge < -0.3 is 14.4 Å². The number of hydrogen-bond donors (Lipinski definition) is 0. The Morgan fingerprint density at radius 1 is 1.32 bits per heavy atom. The zero-order valence-electron chi connectivity index (χ0n) is 15.5. The molecule has 2 heterocycles. The minimum atomic E-state index is -0.316. The molecule has 1 aromatic carbocycles. The number of aryl methyl sites for hydroxylation is 2. The standard InChI is InChI=1S/C20H26N2O3/c1-5-25-20(23)17-12-21-18-14(3)13(2)6-7-16(18)19(17)22(4)15-8-10-24-11-9-15/h6-7,12,15H,5,8-11H2,1-4H3. The Labute approximate surface area is 148 Å². The van der Waals surface area contributed by atoms with Crippen LogP contribution in [-0.2, 0) is 9.47 Å². The van der Waals surface area contributed by atoms with Crippen LogP contribution in [0.15, 0.2) is 18.3 Å². The normalized spacial score (nSPS) is 15.4. The van der Waals surface area contributed by atoms with Gasteiger partial charge in [-0.15, -0.1) is 0 Å². The molecule has 0 amide bonds. The first-order valence-corrected chi connectivity index (χ1v) is 8.91. The van der Waals surface area contributed by atoms with Gasteiger partial charge in [0, 0.05) is 37.9 Å². The number of carbonyl (C=O) groups is 1. The molecule has 5 heteroatoms. The van der Waals surface area contributed by atoms with Crippen molar-refractivity contribution in [3.05, 3.63) is 35.0 Å². The SMILES string of the molecule is CCOC(=O)c1cnc2c(C)c(C)ccc2c1N(C)C1CCOCC1. The van der Waals surface area contributed by atoms with Crippen LogP contribution in [0.5, 0.6) is 0 Å². The molecule has 0 aliphatic carbocycles. The lowest BCUT2D eigenvalue weighted by molar-refractivity contribution is 0.0526. The summed E-state index contributed by atoms with van der Waals surface area (Å²) in [6, 6.07) is 4.50. The lowest BCUT2D eigenvalue weighted by Crippen LogP contribution is -2.37. The van der Waals surface area contributed by atoms with Crippen LogP contribution in [-0.4, -0.2) is 43.9 Å². The molecular weight excluding hydrogens is 316 g/mol. The van der Waals surface area contributed by atoms with E-state index >= 15 is 0 Å². The molecule has 5 nitrogen and oxygen atoms in total. The number of anilines is 1. The van der Waals surface area contributed by atoms with Crippen molar-refractivity contribution in [2.75, 3.05) is 31.8 Å². The van der Waals surface area contributed by atoms with E-state index in [-0.39, 0.29) is 5.97 Å². The summed E-state index contributed by atoms with van der Waals surface area (Å²) in [5.74, 6) is -0.316. The average Bonchev–Trinajstić information content (AvgIpc) is 2.64. The molecule has 0 bridgehead atoms. The largest absolute Gasteiger partial charge is 0.462 e. The highest BCUT2D eigenvalue weighted by Gasteiger charge is 2.26. The van der Waals surface area contributed by atoms with Crippen molar-refractivity contribution in [1.29, 1.82) is 0 Å². The van der Waals surface area contributed by atoms with Gasteiger partial charge in [-0.2, -0.15) is 0 Å². The van der Waals surface area contributed by atoms with Crippen LogP contribution in [0, 0.1) is 13.8 Å². The van der Waals surface area contributed by atoms with E-state index in [9.17, 15) is 4.79 Å². The number of nitrogens with zero attached hydrogens (tertiary/aromatic N) is 2. The summed E-state index contributed by atoms with van der Waals surface area (Å²) in [6.07, 6.45) is 3.57. The van der Waals surface area contributed by atoms with Crippen molar-refractivity contribution in [2.24, 2.45) is 0 Å². The molecule has 0 saturated carbocycles. The molecule has 2 aromatic rings. The van der Waals surface area contributed by atoms with Gasteiger partial charge in [0.15, 0.2) is 0 Å². The smallest absolute Gasteiger partial charge is 0.341 e. The molecule has 25 heavy (non-hydrogen) atoms. The number of aromatic nitrogens is 1. The molecule has 0 radical (unpaired) electrons. The van der Waals surface area contributed by atoms with Crippen LogP contribution >= 0.6 is 0 Å². The van der Waals surface area contributed by atoms with Crippen molar-refractivity contribution in [1.82, 2.24) is 4.98 Å². The first kappa shape index (κ1) is 17.7. The average molecular weight is 342 g/mol. The molecule has 1 aliphatic rings. The number of benzene rings is 1. The van der Waals surface area contributed by atoms with Crippen LogP contribution in [0.4, 0.5) is 5.69 Å². The Balaban J connectivity index is 2.17. The molecule has 134 valence electrons. The summed E-state index contributed by atoms with van der Waals surface area (Å²) in [5, 5.41) is 1.00.